The first-order chi connectivity index (χ1) is 3.18. The van der Waals surface area contributed by atoms with E-state index in [9.17, 15) is 0 Å². The van der Waals surface area contributed by atoms with Gasteiger partial charge in [-0.15, -0.1) is 0 Å². The Kier molecular flexibility index (Phi) is 3.48. The standard InChI is InChI=1S/C5H13NS/c1-4(2)5(3)7-6/h4-5H,6H2,1-3H3/t5-/m1/s1. The summed E-state index contributed by atoms with van der Waals surface area (Å²) in [7, 11) is 0. The molecule has 0 spiro atoms. The number of nitrogens with two attached hydrogens (primary N) is 1. The summed E-state index contributed by atoms with van der Waals surface area (Å²) in [4.78, 5) is 0. The van der Waals surface area contributed by atoms with Crippen LogP contribution in [-0.4, -0.2) is 5.25 Å². The molecule has 0 saturated heterocycles. The Balaban J connectivity index is 3.14. The van der Waals surface area contributed by atoms with Crippen molar-refractivity contribution in [2.75, 3.05) is 0 Å². The van der Waals surface area contributed by atoms with E-state index in [0.29, 0.717) is 11.2 Å². The highest BCUT2D eigenvalue weighted by atomic mass is 32.2. The summed E-state index contributed by atoms with van der Waals surface area (Å²) in [5.74, 6) is 0.704. The Hall–Kier alpha value is 0.310. The first kappa shape index (κ1) is 7.31. The van der Waals surface area contributed by atoms with Crippen LogP contribution in [-0.2, 0) is 0 Å². The molecule has 0 aromatic rings. The van der Waals surface area contributed by atoms with Gasteiger partial charge in [0.15, 0.2) is 0 Å². The zero-order valence-electron chi connectivity index (χ0n) is 5.14. The molecule has 2 N–H and O–H groups in total. The average Bonchev–Trinajstić information content (AvgIpc) is 1.65. The summed E-state index contributed by atoms with van der Waals surface area (Å²) >= 11 is 1.43. The van der Waals surface area contributed by atoms with Gasteiger partial charge in [-0.25, -0.2) is 0 Å². The molecule has 0 aromatic heterocycles. The van der Waals surface area contributed by atoms with Crippen molar-refractivity contribution < 1.29 is 0 Å². The van der Waals surface area contributed by atoms with Crippen LogP contribution >= 0.6 is 11.9 Å². The highest BCUT2D eigenvalue weighted by Gasteiger charge is 2.02. The zero-order chi connectivity index (χ0) is 5.86. The molecule has 0 saturated carbocycles. The van der Waals surface area contributed by atoms with Crippen molar-refractivity contribution in [3.63, 3.8) is 0 Å². The summed E-state index contributed by atoms with van der Waals surface area (Å²) in [5, 5.41) is 5.89. The van der Waals surface area contributed by atoms with Crippen LogP contribution in [0.2, 0.25) is 0 Å². The predicted molar refractivity (Wildman–Crippen MR) is 36.1 cm³/mol. The van der Waals surface area contributed by atoms with Gasteiger partial charge in [0.2, 0.25) is 0 Å². The van der Waals surface area contributed by atoms with Gasteiger partial charge in [0.25, 0.3) is 0 Å². The van der Waals surface area contributed by atoms with Gasteiger partial charge in [0.05, 0.1) is 0 Å². The molecule has 0 rings (SSSR count). The van der Waals surface area contributed by atoms with Gasteiger partial charge in [-0.05, 0) is 5.92 Å². The van der Waals surface area contributed by atoms with Crippen LogP contribution in [0.25, 0.3) is 0 Å². The molecule has 7 heavy (non-hydrogen) atoms. The maximum atomic E-state index is 5.29. The third kappa shape index (κ3) is 2.94. The third-order valence-corrected chi connectivity index (χ3v) is 2.13. The molecule has 0 aliphatic heterocycles. The number of rotatable bonds is 2. The Morgan fingerprint density at radius 2 is 1.71 bits per heavy atom. The van der Waals surface area contributed by atoms with Gasteiger partial charge in [0.1, 0.15) is 0 Å². The summed E-state index contributed by atoms with van der Waals surface area (Å²) < 4.78 is 0. The Labute approximate surface area is 49.8 Å². The molecule has 44 valence electrons. The van der Waals surface area contributed by atoms with E-state index >= 15 is 0 Å². The van der Waals surface area contributed by atoms with Crippen LogP contribution in [0, 0.1) is 5.92 Å². The second kappa shape index (κ2) is 3.33. The number of hydrogen-bond acceptors (Lipinski definition) is 2. The Bertz CT molecular complexity index is 45.3. The van der Waals surface area contributed by atoms with Crippen LogP contribution < -0.4 is 5.14 Å². The van der Waals surface area contributed by atoms with Crippen LogP contribution in [0.3, 0.4) is 0 Å². The van der Waals surface area contributed by atoms with Crippen molar-refractivity contribution in [2.45, 2.75) is 26.0 Å². The second-order valence-corrected chi connectivity index (χ2v) is 3.10. The summed E-state index contributed by atoms with van der Waals surface area (Å²) in [6.45, 7) is 6.48. The number of hydrogen-bond donors (Lipinski definition) is 1. The van der Waals surface area contributed by atoms with Gasteiger partial charge in [-0.2, -0.15) is 0 Å². The molecule has 0 radical (unpaired) electrons. The first-order valence-electron chi connectivity index (χ1n) is 2.54. The quantitative estimate of drug-likeness (QED) is 0.559. The van der Waals surface area contributed by atoms with Crippen molar-refractivity contribution in [1.82, 2.24) is 0 Å². The normalized spacial score (nSPS) is 15.0. The molecule has 0 unspecified atom stereocenters. The van der Waals surface area contributed by atoms with E-state index in [4.69, 9.17) is 5.14 Å². The zero-order valence-corrected chi connectivity index (χ0v) is 5.96. The van der Waals surface area contributed by atoms with E-state index in [1.165, 1.54) is 11.9 Å². The van der Waals surface area contributed by atoms with Crippen LogP contribution in [0.4, 0.5) is 0 Å². The molecule has 0 fully saturated rings. The minimum absolute atomic E-state index is 0.597. The summed E-state index contributed by atoms with van der Waals surface area (Å²) in [5.41, 5.74) is 0. The van der Waals surface area contributed by atoms with Crippen molar-refractivity contribution >= 4 is 11.9 Å². The largest absolute Gasteiger partial charge is 0.278 e. The van der Waals surface area contributed by atoms with E-state index in [1.54, 1.807) is 0 Å². The Morgan fingerprint density at radius 1 is 1.29 bits per heavy atom. The maximum absolute atomic E-state index is 5.29. The lowest BCUT2D eigenvalue weighted by Crippen LogP contribution is -2.07. The van der Waals surface area contributed by atoms with E-state index < -0.39 is 0 Å². The van der Waals surface area contributed by atoms with E-state index in [1.807, 2.05) is 0 Å². The van der Waals surface area contributed by atoms with Gasteiger partial charge in [0, 0.05) is 5.25 Å². The van der Waals surface area contributed by atoms with Gasteiger partial charge >= 0.3 is 0 Å². The molecule has 0 aliphatic rings. The molecule has 0 bridgehead atoms. The molecular weight excluding hydrogens is 106 g/mol. The van der Waals surface area contributed by atoms with Crippen molar-refractivity contribution in [3.8, 4) is 0 Å². The average molecular weight is 119 g/mol. The molecule has 1 nitrogen and oxygen atoms in total. The summed E-state index contributed by atoms with van der Waals surface area (Å²) in [6.07, 6.45) is 0. The van der Waals surface area contributed by atoms with Crippen molar-refractivity contribution in [3.05, 3.63) is 0 Å². The first-order valence-corrected chi connectivity index (χ1v) is 3.48. The molecular formula is C5H13NS. The molecule has 0 aliphatic carbocycles. The van der Waals surface area contributed by atoms with Crippen molar-refractivity contribution in [2.24, 2.45) is 11.1 Å². The minimum Gasteiger partial charge on any atom is -0.278 e. The molecule has 1 atom stereocenters. The fourth-order valence-electron chi connectivity index (χ4n) is 0.157. The third-order valence-electron chi connectivity index (χ3n) is 1.15. The van der Waals surface area contributed by atoms with Crippen molar-refractivity contribution in [1.29, 1.82) is 0 Å². The highest BCUT2D eigenvalue weighted by Crippen LogP contribution is 2.11. The topological polar surface area (TPSA) is 26.0 Å². The lowest BCUT2D eigenvalue weighted by molar-refractivity contribution is 0.642. The lowest BCUT2D eigenvalue weighted by Gasteiger charge is -2.09. The van der Waals surface area contributed by atoms with E-state index in [0.717, 1.165) is 0 Å². The fraction of sp³-hybridized carbons (Fsp3) is 1.00. The van der Waals surface area contributed by atoms with Gasteiger partial charge in [-0.1, -0.05) is 32.7 Å². The highest BCUT2D eigenvalue weighted by molar-refractivity contribution is 7.97. The van der Waals surface area contributed by atoms with Crippen LogP contribution in [0.1, 0.15) is 20.8 Å². The minimum atomic E-state index is 0.597. The van der Waals surface area contributed by atoms with Crippen LogP contribution in [0.5, 0.6) is 0 Å². The fourth-order valence-corrected chi connectivity index (χ4v) is 0.471. The van der Waals surface area contributed by atoms with Gasteiger partial charge < -0.3 is 0 Å². The van der Waals surface area contributed by atoms with E-state index in [2.05, 4.69) is 20.8 Å². The summed E-state index contributed by atoms with van der Waals surface area (Å²) in [6, 6.07) is 0. The lowest BCUT2D eigenvalue weighted by atomic mass is 10.2. The second-order valence-electron chi connectivity index (χ2n) is 2.09. The molecule has 0 heterocycles. The van der Waals surface area contributed by atoms with Gasteiger partial charge in [-0.3, -0.25) is 5.14 Å². The van der Waals surface area contributed by atoms with Crippen LogP contribution in [0.15, 0.2) is 0 Å². The molecule has 0 aromatic carbocycles. The monoisotopic (exact) mass is 119 g/mol. The predicted octanol–water partition coefficient (Wildman–Crippen LogP) is 1.64. The van der Waals surface area contributed by atoms with E-state index in [-0.39, 0.29) is 0 Å². The smallest absolute Gasteiger partial charge is 0.0185 e. The Morgan fingerprint density at radius 3 is 1.71 bits per heavy atom. The molecule has 0 amide bonds. The SMILES string of the molecule is CC(C)[C@@H](C)SN. The molecule has 2 heteroatoms. The maximum Gasteiger partial charge on any atom is 0.0185 e.